The maximum Gasteiger partial charge on any atom is 0.403 e. The first kappa shape index (κ1) is 25.7. The molecule has 1 aliphatic carbocycles. The molecule has 3 aromatic heterocycles. The van der Waals surface area contributed by atoms with Gasteiger partial charge in [-0.25, -0.2) is 15.0 Å². The highest BCUT2D eigenvalue weighted by Gasteiger charge is 2.63. The van der Waals surface area contributed by atoms with Gasteiger partial charge in [-0.05, 0) is 31.4 Å². The molecule has 194 valence electrons. The number of carbonyl (C=O) groups is 1. The summed E-state index contributed by atoms with van der Waals surface area (Å²) in [5.74, 6) is -2.12. The second kappa shape index (κ2) is 10.3. The number of aromatic nitrogens is 4. The molecule has 0 bridgehead atoms. The van der Waals surface area contributed by atoms with Crippen molar-refractivity contribution in [1.29, 1.82) is 0 Å². The number of anilines is 2. The van der Waals surface area contributed by atoms with Gasteiger partial charge in [0.1, 0.15) is 23.1 Å². The number of aliphatic imine (C=N–C) groups is 1. The molecule has 1 amide bonds. The number of nitrogens with one attached hydrogen (secondary N) is 1. The van der Waals surface area contributed by atoms with Crippen molar-refractivity contribution in [3.8, 4) is 0 Å². The molecular weight excluding hydrogens is 496 g/mol. The lowest BCUT2D eigenvalue weighted by atomic mass is 9.67. The van der Waals surface area contributed by atoms with Gasteiger partial charge in [-0.1, -0.05) is 17.6 Å². The minimum absolute atomic E-state index is 0.00430. The van der Waals surface area contributed by atoms with E-state index in [2.05, 4.69) is 30.4 Å². The molecule has 4 rings (SSSR count). The fraction of sp³-hybridized carbons (Fsp3) is 0.304. The summed E-state index contributed by atoms with van der Waals surface area (Å²) in [4.78, 5) is 28.4. The third-order valence-electron chi connectivity index (χ3n) is 6.00. The fourth-order valence-corrected chi connectivity index (χ4v) is 3.70. The van der Waals surface area contributed by atoms with Crippen LogP contribution in [-0.2, 0) is 11.2 Å². The van der Waals surface area contributed by atoms with E-state index in [9.17, 15) is 22.4 Å². The molecule has 0 radical (unpaired) electrons. The Balaban J connectivity index is 1.52. The van der Waals surface area contributed by atoms with Crippen LogP contribution in [0.25, 0.3) is 5.70 Å². The van der Waals surface area contributed by atoms with Crippen LogP contribution in [0.1, 0.15) is 36.3 Å². The highest BCUT2D eigenvalue weighted by molar-refractivity contribution is 6.10. The zero-order valence-corrected chi connectivity index (χ0v) is 19.3. The van der Waals surface area contributed by atoms with Crippen LogP contribution in [0.4, 0.5) is 29.1 Å². The number of nitrogens with zero attached hydrogens (tertiary/aromatic N) is 5. The Morgan fingerprint density at radius 1 is 1.27 bits per heavy atom. The molecule has 5 N–H and O–H groups in total. The molecule has 0 aliphatic heterocycles. The molecule has 0 unspecified atom stereocenters. The Morgan fingerprint density at radius 2 is 2.05 bits per heavy atom. The first-order chi connectivity index (χ1) is 17.6. The highest BCUT2D eigenvalue weighted by Crippen LogP contribution is 2.53. The third kappa shape index (κ3) is 5.42. The molecule has 37 heavy (non-hydrogen) atoms. The van der Waals surface area contributed by atoms with Gasteiger partial charge in [-0.2, -0.15) is 17.6 Å². The maximum absolute atomic E-state index is 13.8. The van der Waals surface area contributed by atoms with Gasteiger partial charge < -0.3 is 21.3 Å². The number of amides is 1. The lowest BCUT2D eigenvalue weighted by Crippen LogP contribution is -2.52. The van der Waals surface area contributed by atoms with Crippen LogP contribution in [0.15, 0.2) is 52.4 Å². The van der Waals surface area contributed by atoms with Gasteiger partial charge in [0, 0.05) is 24.4 Å². The maximum atomic E-state index is 13.8. The molecule has 10 nitrogen and oxygen atoms in total. The second-order valence-electron chi connectivity index (χ2n) is 8.33. The summed E-state index contributed by atoms with van der Waals surface area (Å²) >= 11 is 0. The molecule has 3 heterocycles. The van der Waals surface area contributed by atoms with Crippen LogP contribution < -0.4 is 16.8 Å². The number of nitrogen functional groups attached to an aromatic ring is 1. The third-order valence-corrected chi connectivity index (χ3v) is 6.00. The number of rotatable bonds is 8. The van der Waals surface area contributed by atoms with Crippen molar-refractivity contribution in [3.63, 3.8) is 0 Å². The minimum atomic E-state index is -4.68. The van der Waals surface area contributed by atoms with E-state index in [1.165, 1.54) is 24.6 Å². The van der Waals surface area contributed by atoms with E-state index in [4.69, 9.17) is 16.0 Å². The fourth-order valence-electron chi connectivity index (χ4n) is 3.70. The SMILES string of the molecule is NC(=CC(=NCCc1cccnc1F)c1ccon1)c1ncc(NC(=O)C2(C(F)(F)F)CCC2)c(N)n1. The number of pyridine rings is 1. The smallest absolute Gasteiger partial charge is 0.396 e. The van der Waals surface area contributed by atoms with E-state index in [0.29, 0.717) is 17.7 Å². The Labute approximate surface area is 207 Å². The Morgan fingerprint density at radius 3 is 2.65 bits per heavy atom. The van der Waals surface area contributed by atoms with Crippen molar-refractivity contribution < 1.29 is 26.9 Å². The van der Waals surface area contributed by atoms with Gasteiger partial charge in [0.2, 0.25) is 11.9 Å². The van der Waals surface area contributed by atoms with Crippen molar-refractivity contribution >= 4 is 28.8 Å². The van der Waals surface area contributed by atoms with E-state index in [1.807, 2.05) is 0 Å². The monoisotopic (exact) mass is 518 g/mol. The first-order valence-corrected chi connectivity index (χ1v) is 11.1. The number of alkyl halides is 3. The summed E-state index contributed by atoms with van der Waals surface area (Å²) < 4.78 is 58.9. The second-order valence-corrected chi connectivity index (χ2v) is 8.33. The summed E-state index contributed by atoms with van der Waals surface area (Å²) in [5, 5.41) is 6.02. The van der Waals surface area contributed by atoms with Gasteiger partial charge in [0.05, 0.1) is 17.6 Å². The zero-order chi connectivity index (χ0) is 26.6. The van der Waals surface area contributed by atoms with Crippen molar-refractivity contribution in [2.24, 2.45) is 16.1 Å². The molecule has 0 atom stereocenters. The number of carbonyl (C=O) groups excluding carboxylic acids is 1. The van der Waals surface area contributed by atoms with Crippen LogP contribution in [0.5, 0.6) is 0 Å². The van der Waals surface area contributed by atoms with E-state index in [0.717, 1.165) is 6.20 Å². The number of hydrogen-bond donors (Lipinski definition) is 3. The largest absolute Gasteiger partial charge is 0.403 e. The highest BCUT2D eigenvalue weighted by atomic mass is 19.4. The van der Waals surface area contributed by atoms with Crippen molar-refractivity contribution in [3.05, 3.63) is 66.0 Å². The number of hydrogen-bond acceptors (Lipinski definition) is 9. The number of allylic oxidation sites excluding steroid dienone is 1. The predicted molar refractivity (Wildman–Crippen MR) is 125 cm³/mol. The molecule has 0 saturated heterocycles. The van der Waals surface area contributed by atoms with Crippen LogP contribution >= 0.6 is 0 Å². The molecular formula is C23H22F4N8O2. The van der Waals surface area contributed by atoms with Crippen LogP contribution in [-0.4, -0.2) is 44.4 Å². The Kier molecular flexibility index (Phi) is 7.18. The lowest BCUT2D eigenvalue weighted by Gasteiger charge is -2.41. The van der Waals surface area contributed by atoms with Crippen molar-refractivity contribution in [2.45, 2.75) is 31.9 Å². The summed E-state index contributed by atoms with van der Waals surface area (Å²) in [6.07, 6.45) is 0.431. The number of halogens is 4. The van der Waals surface area contributed by atoms with Gasteiger partial charge in [-0.15, -0.1) is 0 Å². The average Bonchev–Trinajstić information content (AvgIpc) is 3.34. The Hall–Kier alpha value is -4.36. The standard InChI is InChI=1S/C23H22F4N8O2/c24-18-13(3-1-8-31-18)4-9-30-16(15-5-10-37-35-15)11-14(28)20-32-12-17(19(29)34-20)33-21(36)22(6-2-7-22)23(25,26)27/h1,3,5,8,10-12H,2,4,6-7,9,28H2,(H,33,36)(H2,29,32,34). The molecule has 1 aliphatic rings. The normalized spacial score (nSPS) is 15.8. The van der Waals surface area contributed by atoms with Gasteiger partial charge >= 0.3 is 6.18 Å². The molecule has 0 spiro atoms. The minimum Gasteiger partial charge on any atom is -0.396 e. The molecule has 3 aromatic rings. The van der Waals surface area contributed by atoms with Gasteiger partial charge in [0.25, 0.3) is 0 Å². The summed E-state index contributed by atoms with van der Waals surface area (Å²) in [6, 6.07) is 4.75. The Bertz CT molecular complexity index is 1330. The zero-order valence-electron chi connectivity index (χ0n) is 19.3. The topological polar surface area (TPSA) is 158 Å². The van der Waals surface area contributed by atoms with Crippen LogP contribution in [0.2, 0.25) is 0 Å². The van der Waals surface area contributed by atoms with E-state index in [-0.39, 0.29) is 54.5 Å². The first-order valence-electron chi connectivity index (χ1n) is 11.1. The van der Waals surface area contributed by atoms with Gasteiger partial charge in [0.15, 0.2) is 11.6 Å². The lowest BCUT2D eigenvalue weighted by molar-refractivity contribution is -0.240. The van der Waals surface area contributed by atoms with Crippen LogP contribution in [0.3, 0.4) is 0 Å². The molecule has 1 saturated carbocycles. The van der Waals surface area contributed by atoms with Crippen LogP contribution in [0, 0.1) is 11.4 Å². The average molecular weight is 518 g/mol. The quantitative estimate of drug-likeness (QED) is 0.233. The predicted octanol–water partition coefficient (Wildman–Crippen LogP) is 3.28. The van der Waals surface area contributed by atoms with E-state index < -0.39 is 23.4 Å². The summed E-state index contributed by atoms with van der Waals surface area (Å²) in [5.41, 5.74) is 10.4. The summed E-state index contributed by atoms with van der Waals surface area (Å²) in [6.45, 7) is 0.170. The molecule has 0 aromatic carbocycles. The van der Waals surface area contributed by atoms with E-state index >= 15 is 0 Å². The van der Waals surface area contributed by atoms with E-state index in [1.54, 1.807) is 12.1 Å². The van der Waals surface area contributed by atoms with Gasteiger partial charge in [-0.3, -0.25) is 9.79 Å². The number of nitrogens with two attached hydrogens (primary N) is 2. The summed E-state index contributed by atoms with van der Waals surface area (Å²) in [7, 11) is 0. The molecule has 1 fully saturated rings. The molecule has 14 heteroatoms. The van der Waals surface area contributed by atoms with Crippen molar-refractivity contribution in [2.75, 3.05) is 17.6 Å². The van der Waals surface area contributed by atoms with Crippen molar-refractivity contribution in [1.82, 2.24) is 20.1 Å².